The standard InChI is InChI=1S/C11H25N5O/c1-8(2)5-13-10(17)7-15-11(16-12)14-6-9(3)4/h8-9H,5-7,12H2,1-4H3,(H,13,17)(H2,14,15,16). The number of nitrogens with two attached hydrogens (primary N) is 1. The molecule has 0 saturated carbocycles. The Bertz CT molecular complexity index is 250. The zero-order valence-corrected chi connectivity index (χ0v) is 11.2. The first kappa shape index (κ1) is 15.7. The summed E-state index contributed by atoms with van der Waals surface area (Å²) in [5.41, 5.74) is 2.44. The van der Waals surface area contributed by atoms with E-state index in [9.17, 15) is 4.79 Å². The topological polar surface area (TPSA) is 91.5 Å². The van der Waals surface area contributed by atoms with Gasteiger partial charge in [-0.25, -0.2) is 10.8 Å². The molecule has 6 heteroatoms. The summed E-state index contributed by atoms with van der Waals surface area (Å²) >= 11 is 0. The predicted molar refractivity (Wildman–Crippen MR) is 70.3 cm³/mol. The van der Waals surface area contributed by atoms with Gasteiger partial charge in [0, 0.05) is 13.1 Å². The monoisotopic (exact) mass is 243 g/mol. The molecule has 0 aliphatic rings. The van der Waals surface area contributed by atoms with Crippen molar-refractivity contribution in [2.75, 3.05) is 19.6 Å². The number of rotatable bonds is 6. The normalized spacial score (nSPS) is 11.8. The molecule has 1 amide bonds. The van der Waals surface area contributed by atoms with Crippen molar-refractivity contribution in [3.05, 3.63) is 0 Å². The molecule has 0 radical (unpaired) electrons. The summed E-state index contributed by atoms with van der Waals surface area (Å²) in [6.07, 6.45) is 0. The molecule has 0 aromatic rings. The lowest BCUT2D eigenvalue weighted by Crippen LogP contribution is -2.43. The fourth-order valence-electron chi connectivity index (χ4n) is 0.978. The SMILES string of the molecule is CC(C)CNC(=O)CN=C(NN)NCC(C)C. The molecule has 0 rings (SSSR count). The van der Waals surface area contributed by atoms with Crippen LogP contribution in [0.4, 0.5) is 0 Å². The van der Waals surface area contributed by atoms with Crippen LogP contribution in [-0.4, -0.2) is 31.5 Å². The number of nitrogens with one attached hydrogen (secondary N) is 3. The van der Waals surface area contributed by atoms with Crippen molar-refractivity contribution < 1.29 is 4.79 Å². The Labute approximate surface area is 103 Å². The van der Waals surface area contributed by atoms with Crippen molar-refractivity contribution in [1.82, 2.24) is 16.1 Å². The average Bonchev–Trinajstić information content (AvgIpc) is 2.26. The molecule has 0 aliphatic heterocycles. The van der Waals surface area contributed by atoms with Crippen molar-refractivity contribution in [2.45, 2.75) is 27.7 Å². The van der Waals surface area contributed by atoms with E-state index in [0.29, 0.717) is 24.3 Å². The molecule has 0 fully saturated rings. The van der Waals surface area contributed by atoms with Crippen LogP contribution in [0.1, 0.15) is 27.7 Å². The van der Waals surface area contributed by atoms with Gasteiger partial charge in [-0.05, 0) is 11.8 Å². The van der Waals surface area contributed by atoms with Gasteiger partial charge in [-0.2, -0.15) is 0 Å². The zero-order chi connectivity index (χ0) is 13.3. The first-order valence-electron chi connectivity index (χ1n) is 5.97. The maximum absolute atomic E-state index is 11.4. The molecular formula is C11H25N5O. The van der Waals surface area contributed by atoms with Gasteiger partial charge in [0.1, 0.15) is 6.54 Å². The quantitative estimate of drug-likeness (QED) is 0.225. The summed E-state index contributed by atoms with van der Waals surface area (Å²) in [4.78, 5) is 15.4. The van der Waals surface area contributed by atoms with Crippen LogP contribution in [0.2, 0.25) is 0 Å². The minimum absolute atomic E-state index is 0.0807. The van der Waals surface area contributed by atoms with Crippen molar-refractivity contribution in [3.63, 3.8) is 0 Å². The summed E-state index contributed by atoms with van der Waals surface area (Å²) in [7, 11) is 0. The second-order valence-corrected chi connectivity index (χ2v) is 4.78. The van der Waals surface area contributed by atoms with Crippen LogP contribution in [0.3, 0.4) is 0 Å². The van der Waals surface area contributed by atoms with E-state index < -0.39 is 0 Å². The molecular weight excluding hydrogens is 218 g/mol. The molecule has 0 saturated heterocycles. The van der Waals surface area contributed by atoms with Gasteiger partial charge in [-0.3, -0.25) is 10.2 Å². The van der Waals surface area contributed by atoms with E-state index in [2.05, 4.69) is 34.9 Å². The summed E-state index contributed by atoms with van der Waals surface area (Å²) in [5, 5.41) is 5.81. The minimum Gasteiger partial charge on any atom is -0.355 e. The van der Waals surface area contributed by atoms with E-state index in [1.807, 2.05) is 13.8 Å². The van der Waals surface area contributed by atoms with E-state index in [1.54, 1.807) is 0 Å². The Kier molecular flexibility index (Phi) is 8.13. The van der Waals surface area contributed by atoms with Crippen LogP contribution < -0.4 is 21.9 Å². The highest BCUT2D eigenvalue weighted by Crippen LogP contribution is 1.88. The molecule has 0 unspecified atom stereocenters. The molecule has 0 spiro atoms. The van der Waals surface area contributed by atoms with Gasteiger partial charge in [-0.1, -0.05) is 27.7 Å². The van der Waals surface area contributed by atoms with Gasteiger partial charge in [0.25, 0.3) is 0 Å². The van der Waals surface area contributed by atoms with Crippen LogP contribution in [0.15, 0.2) is 4.99 Å². The molecule has 100 valence electrons. The highest BCUT2D eigenvalue weighted by atomic mass is 16.1. The Morgan fingerprint density at radius 3 is 2.12 bits per heavy atom. The second-order valence-electron chi connectivity index (χ2n) is 4.78. The summed E-state index contributed by atoms with van der Waals surface area (Å²) in [5.74, 6) is 6.56. The first-order valence-corrected chi connectivity index (χ1v) is 5.97. The van der Waals surface area contributed by atoms with Gasteiger partial charge in [0.2, 0.25) is 11.9 Å². The number of nitrogens with zero attached hydrogens (tertiary/aromatic N) is 1. The van der Waals surface area contributed by atoms with E-state index in [4.69, 9.17) is 5.84 Å². The first-order chi connectivity index (χ1) is 7.95. The maximum Gasteiger partial charge on any atom is 0.241 e. The Balaban J connectivity index is 3.95. The Hall–Kier alpha value is -1.30. The minimum atomic E-state index is -0.0993. The third kappa shape index (κ3) is 9.62. The van der Waals surface area contributed by atoms with E-state index >= 15 is 0 Å². The average molecular weight is 243 g/mol. The molecule has 5 N–H and O–H groups in total. The Morgan fingerprint density at radius 1 is 1.12 bits per heavy atom. The van der Waals surface area contributed by atoms with Crippen LogP contribution >= 0.6 is 0 Å². The number of hydrogen-bond donors (Lipinski definition) is 4. The molecule has 0 atom stereocenters. The van der Waals surface area contributed by atoms with Crippen molar-refractivity contribution >= 4 is 11.9 Å². The van der Waals surface area contributed by atoms with Crippen molar-refractivity contribution in [3.8, 4) is 0 Å². The second kappa shape index (κ2) is 8.81. The van der Waals surface area contributed by atoms with Gasteiger partial charge in [0.05, 0.1) is 0 Å². The summed E-state index contributed by atoms with van der Waals surface area (Å²) in [6, 6.07) is 0. The number of hydrazine groups is 1. The van der Waals surface area contributed by atoms with Crippen LogP contribution in [-0.2, 0) is 4.79 Å². The lowest BCUT2D eigenvalue weighted by Gasteiger charge is -2.11. The van der Waals surface area contributed by atoms with E-state index in [0.717, 1.165) is 6.54 Å². The summed E-state index contributed by atoms with van der Waals surface area (Å²) in [6.45, 7) is 9.75. The number of aliphatic imine (C=N–C) groups is 1. The largest absolute Gasteiger partial charge is 0.355 e. The van der Waals surface area contributed by atoms with E-state index in [-0.39, 0.29) is 12.5 Å². The fourth-order valence-corrected chi connectivity index (χ4v) is 0.978. The highest BCUT2D eigenvalue weighted by molar-refractivity contribution is 5.84. The molecule has 0 aromatic carbocycles. The lowest BCUT2D eigenvalue weighted by atomic mass is 10.2. The third-order valence-electron chi connectivity index (χ3n) is 1.90. The Morgan fingerprint density at radius 2 is 1.65 bits per heavy atom. The third-order valence-corrected chi connectivity index (χ3v) is 1.90. The molecule has 0 aliphatic carbocycles. The number of carbonyl (C=O) groups is 1. The van der Waals surface area contributed by atoms with E-state index in [1.165, 1.54) is 0 Å². The molecule has 17 heavy (non-hydrogen) atoms. The number of hydrogen-bond acceptors (Lipinski definition) is 3. The van der Waals surface area contributed by atoms with Crippen molar-refractivity contribution in [2.24, 2.45) is 22.7 Å². The van der Waals surface area contributed by atoms with Gasteiger partial charge in [0.15, 0.2) is 0 Å². The molecule has 0 aromatic heterocycles. The maximum atomic E-state index is 11.4. The highest BCUT2D eigenvalue weighted by Gasteiger charge is 2.02. The zero-order valence-electron chi connectivity index (χ0n) is 11.2. The lowest BCUT2D eigenvalue weighted by molar-refractivity contribution is -0.119. The van der Waals surface area contributed by atoms with Gasteiger partial charge < -0.3 is 10.6 Å². The molecule has 6 nitrogen and oxygen atoms in total. The molecule has 0 bridgehead atoms. The number of carbonyl (C=O) groups excluding carboxylic acids is 1. The van der Waals surface area contributed by atoms with Crippen molar-refractivity contribution in [1.29, 1.82) is 0 Å². The smallest absolute Gasteiger partial charge is 0.241 e. The number of guanidine groups is 1. The molecule has 0 heterocycles. The van der Waals surface area contributed by atoms with Crippen LogP contribution in [0.5, 0.6) is 0 Å². The van der Waals surface area contributed by atoms with Gasteiger partial charge >= 0.3 is 0 Å². The van der Waals surface area contributed by atoms with Crippen LogP contribution in [0, 0.1) is 11.8 Å². The number of amides is 1. The fraction of sp³-hybridized carbons (Fsp3) is 0.818. The predicted octanol–water partition coefficient (Wildman–Crippen LogP) is -0.176. The van der Waals surface area contributed by atoms with Gasteiger partial charge in [-0.15, -0.1) is 0 Å². The van der Waals surface area contributed by atoms with Crippen LogP contribution in [0.25, 0.3) is 0 Å². The summed E-state index contributed by atoms with van der Waals surface area (Å²) < 4.78 is 0.